The zero-order valence-electron chi connectivity index (χ0n) is 18.2. The van der Waals surface area contributed by atoms with E-state index in [9.17, 15) is 15.0 Å². The Hall–Kier alpha value is -2.25. The molecule has 3 fully saturated rings. The van der Waals surface area contributed by atoms with Crippen LogP contribution in [0.4, 0.5) is 0 Å². The molecule has 2 bridgehead atoms. The minimum atomic E-state index is -0.0412. The zero-order valence-corrected chi connectivity index (χ0v) is 19.8. The molecule has 2 aliphatic carbocycles. The average Bonchev–Trinajstić information content (AvgIpc) is 3.26. The van der Waals surface area contributed by atoms with E-state index in [0.29, 0.717) is 50.0 Å². The van der Waals surface area contributed by atoms with Gasteiger partial charge in [-0.15, -0.1) is 0 Å². The van der Waals surface area contributed by atoms with Gasteiger partial charge < -0.3 is 14.6 Å². The van der Waals surface area contributed by atoms with E-state index in [0.717, 1.165) is 0 Å². The summed E-state index contributed by atoms with van der Waals surface area (Å²) < 4.78 is 6.53. The number of phenols is 2. The van der Waals surface area contributed by atoms with Gasteiger partial charge in [-0.1, -0.05) is 37.8 Å². The van der Waals surface area contributed by atoms with Gasteiger partial charge in [-0.3, -0.25) is 9.69 Å². The smallest absolute Gasteiger partial charge is 0.266 e. The first-order chi connectivity index (χ1) is 15.3. The molecule has 5 rings (SSSR count). The molecule has 1 amide bonds. The summed E-state index contributed by atoms with van der Waals surface area (Å²) in [5.41, 5.74) is 0.563. The van der Waals surface area contributed by atoms with Crippen molar-refractivity contribution in [2.75, 3.05) is 0 Å². The van der Waals surface area contributed by atoms with E-state index in [4.69, 9.17) is 16.6 Å². The Labute approximate surface area is 197 Å². The van der Waals surface area contributed by atoms with Crippen LogP contribution in [0.5, 0.6) is 11.5 Å². The largest absolute Gasteiger partial charge is 0.508 e. The third-order valence-corrected chi connectivity index (χ3v) is 8.33. The molecule has 2 N–H and O–H groups in total. The van der Waals surface area contributed by atoms with Gasteiger partial charge in [-0.05, 0) is 73.6 Å². The Morgan fingerprint density at radius 2 is 1.62 bits per heavy atom. The fourth-order valence-electron chi connectivity index (χ4n) is 6.01. The number of hydrogen-bond acceptors (Lipinski definition) is 6. The molecular formula is C25H27NO4S2. The quantitative estimate of drug-likeness (QED) is 0.423. The first kappa shape index (κ1) is 21.6. The lowest BCUT2D eigenvalue weighted by Crippen LogP contribution is -2.54. The number of benzene rings is 1. The van der Waals surface area contributed by atoms with Crippen LogP contribution in [-0.4, -0.2) is 31.4 Å². The topological polar surface area (TPSA) is 73.9 Å². The number of thioether (sulfide) groups is 1. The van der Waals surface area contributed by atoms with Gasteiger partial charge in [0, 0.05) is 23.7 Å². The average molecular weight is 470 g/mol. The van der Waals surface area contributed by atoms with Crippen LogP contribution in [0.3, 0.4) is 0 Å². The van der Waals surface area contributed by atoms with Crippen LogP contribution in [-0.2, 0) is 4.79 Å². The Morgan fingerprint density at radius 3 is 2.22 bits per heavy atom. The molecule has 0 atom stereocenters. The van der Waals surface area contributed by atoms with E-state index in [2.05, 4.69) is 13.8 Å². The molecule has 1 aromatic carbocycles. The van der Waals surface area contributed by atoms with Crippen LogP contribution in [0.2, 0.25) is 0 Å². The first-order valence-electron chi connectivity index (χ1n) is 11.2. The van der Waals surface area contributed by atoms with E-state index in [-0.39, 0.29) is 23.4 Å². The fraction of sp³-hybridized carbons (Fsp3) is 0.440. The monoisotopic (exact) mass is 469 g/mol. The summed E-state index contributed by atoms with van der Waals surface area (Å²) in [5.74, 6) is 3.39. The lowest BCUT2D eigenvalue weighted by Gasteiger charge is -2.50. The van der Waals surface area contributed by atoms with Crippen molar-refractivity contribution in [1.29, 1.82) is 0 Å². The summed E-state index contributed by atoms with van der Waals surface area (Å²) in [6, 6.07) is 8.05. The van der Waals surface area contributed by atoms with Crippen LogP contribution in [0, 0.1) is 23.7 Å². The van der Waals surface area contributed by atoms with Gasteiger partial charge in [0.2, 0.25) is 0 Å². The zero-order chi connectivity index (χ0) is 22.6. The molecule has 3 aliphatic rings. The van der Waals surface area contributed by atoms with Crippen molar-refractivity contribution in [3.63, 3.8) is 0 Å². The van der Waals surface area contributed by atoms with Crippen molar-refractivity contribution in [1.82, 2.24) is 4.90 Å². The standard InChI is InChI=1S/C25H27NO4S2/c1-13-5-16-7-14(2)8-17(6-13)23(16)26-24(29)22(32-25(26)31)12-20-3-4-21(30-20)15-9-18(27)11-19(28)10-15/h3-4,9-14,16-17,23,27-28H,5-8H2,1-2H3/b22-12-. The molecule has 32 heavy (non-hydrogen) atoms. The van der Waals surface area contributed by atoms with Crippen LogP contribution >= 0.6 is 24.0 Å². The highest BCUT2D eigenvalue weighted by atomic mass is 32.2. The minimum absolute atomic E-state index is 0.0166. The predicted octanol–water partition coefficient (Wildman–Crippen LogP) is 6.02. The SMILES string of the molecule is CC1CC2CC(C)CC(C1)C2N1C(=O)/C(=C/c2ccc(-c3cc(O)cc(O)c3)o2)SC1=S. The molecule has 1 aliphatic heterocycles. The third kappa shape index (κ3) is 3.97. The van der Waals surface area contributed by atoms with E-state index in [1.165, 1.54) is 55.6 Å². The summed E-state index contributed by atoms with van der Waals surface area (Å²) in [4.78, 5) is 15.9. The molecule has 7 heteroatoms. The highest BCUT2D eigenvalue weighted by molar-refractivity contribution is 8.26. The first-order valence-corrected chi connectivity index (χ1v) is 12.4. The highest BCUT2D eigenvalue weighted by Crippen LogP contribution is 2.50. The van der Waals surface area contributed by atoms with Crippen molar-refractivity contribution < 1.29 is 19.4 Å². The van der Waals surface area contributed by atoms with E-state index >= 15 is 0 Å². The number of hydrogen-bond donors (Lipinski definition) is 2. The summed E-state index contributed by atoms with van der Waals surface area (Å²) in [6.45, 7) is 4.66. The number of fused-ring (bicyclic) bond motifs is 2. The van der Waals surface area contributed by atoms with Crippen molar-refractivity contribution in [2.24, 2.45) is 23.7 Å². The van der Waals surface area contributed by atoms with Gasteiger partial charge in [0.1, 0.15) is 27.3 Å². The van der Waals surface area contributed by atoms with Gasteiger partial charge in [-0.25, -0.2) is 0 Å². The summed E-state index contributed by atoms with van der Waals surface area (Å²) >= 11 is 7.03. The van der Waals surface area contributed by atoms with Gasteiger partial charge in [0.15, 0.2) is 0 Å². The van der Waals surface area contributed by atoms with Crippen molar-refractivity contribution in [3.05, 3.63) is 41.0 Å². The van der Waals surface area contributed by atoms with E-state index < -0.39 is 0 Å². The maximum atomic E-state index is 13.4. The van der Waals surface area contributed by atoms with E-state index in [1.54, 1.807) is 18.2 Å². The second kappa shape index (κ2) is 8.27. The summed E-state index contributed by atoms with van der Waals surface area (Å²) in [7, 11) is 0. The molecule has 168 valence electrons. The number of phenolic OH excluding ortho intramolecular Hbond substituents is 2. The number of carbonyl (C=O) groups is 1. The van der Waals surface area contributed by atoms with Crippen LogP contribution in [0.25, 0.3) is 17.4 Å². The minimum Gasteiger partial charge on any atom is -0.508 e. The van der Waals surface area contributed by atoms with Crippen LogP contribution in [0.15, 0.2) is 39.7 Å². The number of rotatable bonds is 3. The summed E-state index contributed by atoms with van der Waals surface area (Å²) in [5, 5.41) is 19.5. The third-order valence-electron chi connectivity index (χ3n) is 7.00. The normalized spacial score (nSPS) is 31.5. The molecule has 1 aromatic heterocycles. The van der Waals surface area contributed by atoms with Crippen LogP contribution in [0.1, 0.15) is 45.3 Å². The molecule has 0 radical (unpaired) electrons. The van der Waals surface area contributed by atoms with Crippen molar-refractivity contribution in [2.45, 2.75) is 45.6 Å². The van der Waals surface area contributed by atoms with Crippen molar-refractivity contribution >= 4 is 40.3 Å². The molecule has 1 saturated heterocycles. The lowest BCUT2D eigenvalue weighted by molar-refractivity contribution is -0.128. The highest BCUT2D eigenvalue weighted by Gasteiger charge is 2.49. The fourth-order valence-corrected chi connectivity index (χ4v) is 7.33. The summed E-state index contributed by atoms with van der Waals surface area (Å²) in [6.07, 6.45) is 6.41. The number of thiocarbonyl (C=S) groups is 1. The number of nitrogens with zero attached hydrogens (tertiary/aromatic N) is 1. The van der Waals surface area contributed by atoms with Crippen LogP contribution < -0.4 is 0 Å². The molecule has 2 saturated carbocycles. The van der Waals surface area contributed by atoms with Crippen molar-refractivity contribution in [3.8, 4) is 22.8 Å². The van der Waals surface area contributed by atoms with Gasteiger partial charge in [0.25, 0.3) is 5.91 Å². The maximum absolute atomic E-state index is 13.4. The molecule has 0 unspecified atom stereocenters. The number of aromatic hydroxyl groups is 2. The molecular weight excluding hydrogens is 442 g/mol. The predicted molar refractivity (Wildman–Crippen MR) is 130 cm³/mol. The van der Waals surface area contributed by atoms with E-state index in [1.807, 2.05) is 4.90 Å². The molecule has 0 spiro atoms. The van der Waals surface area contributed by atoms with Gasteiger partial charge in [0.05, 0.1) is 4.91 Å². The molecule has 5 nitrogen and oxygen atoms in total. The molecule has 2 aromatic rings. The lowest BCUT2D eigenvalue weighted by atomic mass is 9.62. The number of furan rings is 1. The second-order valence-corrected chi connectivity index (χ2v) is 11.3. The maximum Gasteiger partial charge on any atom is 0.266 e. The number of amides is 1. The Morgan fingerprint density at radius 1 is 1.03 bits per heavy atom. The van der Waals surface area contributed by atoms with Gasteiger partial charge in [-0.2, -0.15) is 0 Å². The Balaban J connectivity index is 1.39. The number of carbonyl (C=O) groups excluding carboxylic acids is 1. The Kier molecular flexibility index (Phi) is 5.58. The van der Waals surface area contributed by atoms with Gasteiger partial charge >= 0.3 is 0 Å². The molecule has 2 heterocycles. The Bertz CT molecular complexity index is 1060. The second-order valence-electron chi connectivity index (χ2n) is 9.66.